The fraction of sp³-hybridized carbons (Fsp3) is 0.762. The van der Waals surface area contributed by atoms with Crippen molar-refractivity contribution in [2.45, 2.75) is 62.9 Å². The average Bonchev–Trinajstić information content (AvgIpc) is 2.77. The number of urea groups is 1. The van der Waals surface area contributed by atoms with Crippen LogP contribution in [-0.4, -0.2) is 71.4 Å². The second-order valence-electron chi connectivity index (χ2n) is 8.41. The van der Waals surface area contributed by atoms with E-state index in [2.05, 4.69) is 20.6 Å². The van der Waals surface area contributed by atoms with Crippen LogP contribution < -0.4 is 16.2 Å². The lowest BCUT2D eigenvalue weighted by atomic mass is 10.0. The first-order chi connectivity index (χ1) is 14.7. The minimum absolute atomic E-state index is 0.00114. The van der Waals surface area contributed by atoms with Crippen LogP contribution in [0.1, 0.15) is 43.4 Å². The fourth-order valence-corrected chi connectivity index (χ4v) is 5.46. The monoisotopic (exact) mass is 435 g/mol. The molecule has 3 aliphatic heterocycles. The van der Waals surface area contributed by atoms with E-state index in [9.17, 15) is 9.59 Å². The number of aromatic nitrogens is 2. The third kappa shape index (κ3) is 5.76. The number of hydrogen-bond donors (Lipinski definition) is 2. The van der Waals surface area contributed by atoms with Crippen molar-refractivity contribution < 1.29 is 9.53 Å². The minimum Gasteiger partial charge on any atom is -0.381 e. The van der Waals surface area contributed by atoms with Crippen LogP contribution >= 0.6 is 11.8 Å². The summed E-state index contributed by atoms with van der Waals surface area (Å²) in [5.41, 5.74) is 2.18. The van der Waals surface area contributed by atoms with Gasteiger partial charge in [0.15, 0.2) is 0 Å². The average molecular weight is 436 g/mol. The smallest absolute Gasteiger partial charge is 0.315 e. The van der Waals surface area contributed by atoms with Crippen LogP contribution in [0, 0.1) is 0 Å². The van der Waals surface area contributed by atoms with E-state index in [1.54, 1.807) is 10.7 Å². The van der Waals surface area contributed by atoms with Gasteiger partial charge in [-0.05, 0) is 43.5 Å². The van der Waals surface area contributed by atoms with E-state index in [-0.39, 0.29) is 17.6 Å². The molecule has 3 aliphatic rings. The molecule has 30 heavy (non-hydrogen) atoms. The van der Waals surface area contributed by atoms with E-state index in [1.807, 2.05) is 11.8 Å². The van der Waals surface area contributed by atoms with Crippen LogP contribution in [0.4, 0.5) is 4.79 Å². The molecular weight excluding hydrogens is 402 g/mol. The van der Waals surface area contributed by atoms with Gasteiger partial charge in [-0.15, -0.1) is 0 Å². The van der Waals surface area contributed by atoms with Crippen molar-refractivity contribution in [1.29, 1.82) is 0 Å². The number of aryl methyl sites for hydroxylation is 1. The standard InChI is InChI=1S/C21H33N5O3S/c27-20-13-16-15-30-12-6-19(16)24-26(20)9-8-25-7-2-1-3-18(25)14-22-21(28)23-17-4-10-29-11-5-17/h13,17-18H,1-12,14-15H2,(H2,22,23,28). The van der Waals surface area contributed by atoms with E-state index in [4.69, 9.17) is 4.74 Å². The summed E-state index contributed by atoms with van der Waals surface area (Å²) in [6.45, 7) is 4.47. The number of amides is 2. The molecule has 8 nitrogen and oxygen atoms in total. The van der Waals surface area contributed by atoms with Gasteiger partial charge in [-0.2, -0.15) is 16.9 Å². The predicted molar refractivity (Wildman–Crippen MR) is 118 cm³/mol. The summed E-state index contributed by atoms with van der Waals surface area (Å²) >= 11 is 1.86. The van der Waals surface area contributed by atoms with Crippen molar-refractivity contribution in [3.8, 4) is 0 Å². The van der Waals surface area contributed by atoms with Crippen LogP contribution in [0.3, 0.4) is 0 Å². The lowest BCUT2D eigenvalue weighted by Crippen LogP contribution is -2.51. The van der Waals surface area contributed by atoms with Crippen molar-refractivity contribution in [2.75, 3.05) is 38.6 Å². The summed E-state index contributed by atoms with van der Waals surface area (Å²) < 4.78 is 6.97. The Morgan fingerprint density at radius 1 is 1.23 bits per heavy atom. The Labute approximate surface area is 182 Å². The van der Waals surface area contributed by atoms with Gasteiger partial charge in [0, 0.05) is 56.6 Å². The molecule has 0 spiro atoms. The highest BCUT2D eigenvalue weighted by atomic mass is 32.2. The molecule has 1 aromatic rings. The Bertz CT molecular complexity index is 780. The number of rotatable bonds is 6. The molecular formula is C21H33N5O3S. The van der Waals surface area contributed by atoms with Gasteiger partial charge in [-0.25, -0.2) is 9.48 Å². The largest absolute Gasteiger partial charge is 0.381 e. The number of piperidine rings is 1. The maximum absolute atomic E-state index is 12.4. The first-order valence-corrected chi connectivity index (χ1v) is 12.4. The van der Waals surface area contributed by atoms with Crippen molar-refractivity contribution in [3.05, 3.63) is 27.7 Å². The second-order valence-corrected chi connectivity index (χ2v) is 9.51. The molecule has 0 aromatic carbocycles. The molecule has 2 amide bonds. The zero-order chi connectivity index (χ0) is 20.8. The van der Waals surface area contributed by atoms with Crippen LogP contribution in [-0.2, 0) is 23.5 Å². The van der Waals surface area contributed by atoms with Gasteiger partial charge in [0.25, 0.3) is 5.56 Å². The number of carbonyl (C=O) groups excluding carboxylic acids is 1. The summed E-state index contributed by atoms with van der Waals surface area (Å²) in [5.74, 6) is 1.97. The number of nitrogens with one attached hydrogen (secondary N) is 2. The Morgan fingerprint density at radius 2 is 2.10 bits per heavy atom. The molecule has 2 fully saturated rings. The summed E-state index contributed by atoms with van der Waals surface area (Å²) in [6.07, 6.45) is 6.11. The maximum Gasteiger partial charge on any atom is 0.315 e. The Kier molecular flexibility index (Phi) is 7.67. The van der Waals surface area contributed by atoms with Gasteiger partial charge in [-0.3, -0.25) is 9.69 Å². The number of hydrogen-bond acceptors (Lipinski definition) is 6. The first-order valence-electron chi connectivity index (χ1n) is 11.2. The topological polar surface area (TPSA) is 88.5 Å². The van der Waals surface area contributed by atoms with E-state index < -0.39 is 0 Å². The molecule has 1 aromatic heterocycles. The van der Waals surface area contributed by atoms with Crippen LogP contribution in [0.5, 0.6) is 0 Å². The second kappa shape index (κ2) is 10.6. The Balaban J connectivity index is 1.28. The predicted octanol–water partition coefficient (Wildman–Crippen LogP) is 1.37. The molecule has 9 heteroatoms. The third-order valence-electron chi connectivity index (χ3n) is 6.31. The maximum atomic E-state index is 12.4. The van der Waals surface area contributed by atoms with Crippen LogP contribution in [0.2, 0.25) is 0 Å². The number of carbonyl (C=O) groups is 1. The molecule has 2 saturated heterocycles. The van der Waals surface area contributed by atoms with Crippen molar-refractivity contribution in [1.82, 2.24) is 25.3 Å². The quantitative estimate of drug-likeness (QED) is 0.702. The third-order valence-corrected chi connectivity index (χ3v) is 7.32. The number of nitrogens with zero attached hydrogens (tertiary/aromatic N) is 3. The highest BCUT2D eigenvalue weighted by Crippen LogP contribution is 2.21. The number of likely N-dealkylation sites (tertiary alicyclic amines) is 1. The summed E-state index contributed by atoms with van der Waals surface area (Å²) in [7, 11) is 0. The molecule has 166 valence electrons. The number of ether oxygens (including phenoxy) is 1. The fourth-order valence-electron chi connectivity index (χ4n) is 4.51. The van der Waals surface area contributed by atoms with Gasteiger partial charge in [0.1, 0.15) is 0 Å². The van der Waals surface area contributed by atoms with Gasteiger partial charge in [0.2, 0.25) is 0 Å². The SMILES string of the molecule is O=C(NCC1CCCCN1CCn1nc2c(cc1=O)CSCC2)NC1CCOCC1. The Morgan fingerprint density at radius 3 is 2.97 bits per heavy atom. The Hall–Kier alpha value is -1.58. The number of fused-ring (bicyclic) bond motifs is 1. The normalized spacial score (nSPS) is 23.0. The minimum atomic E-state index is -0.0853. The highest BCUT2D eigenvalue weighted by Gasteiger charge is 2.24. The van der Waals surface area contributed by atoms with Crippen LogP contribution in [0.15, 0.2) is 10.9 Å². The molecule has 2 N–H and O–H groups in total. The summed E-state index contributed by atoms with van der Waals surface area (Å²) in [5, 5.41) is 10.8. The summed E-state index contributed by atoms with van der Waals surface area (Å²) in [6, 6.07) is 2.20. The molecule has 4 rings (SSSR count). The van der Waals surface area contributed by atoms with E-state index in [0.29, 0.717) is 19.1 Å². The molecule has 4 heterocycles. The number of thioether (sulfide) groups is 1. The molecule has 0 bridgehead atoms. The molecule has 1 atom stereocenters. The van der Waals surface area contributed by atoms with Crippen molar-refractivity contribution in [2.24, 2.45) is 0 Å². The van der Waals surface area contributed by atoms with Gasteiger partial charge in [0.05, 0.1) is 12.2 Å². The molecule has 0 saturated carbocycles. The van der Waals surface area contributed by atoms with Gasteiger partial charge >= 0.3 is 6.03 Å². The summed E-state index contributed by atoms with van der Waals surface area (Å²) in [4.78, 5) is 27.1. The molecule has 1 unspecified atom stereocenters. The van der Waals surface area contributed by atoms with Gasteiger partial charge < -0.3 is 15.4 Å². The van der Waals surface area contributed by atoms with Crippen molar-refractivity contribution in [3.63, 3.8) is 0 Å². The van der Waals surface area contributed by atoms with Gasteiger partial charge in [-0.1, -0.05) is 6.42 Å². The van der Waals surface area contributed by atoms with Crippen molar-refractivity contribution >= 4 is 17.8 Å². The first kappa shape index (κ1) is 21.6. The zero-order valence-electron chi connectivity index (χ0n) is 17.6. The highest BCUT2D eigenvalue weighted by molar-refractivity contribution is 7.98. The van der Waals surface area contributed by atoms with E-state index in [1.165, 1.54) is 6.42 Å². The van der Waals surface area contributed by atoms with Crippen LogP contribution in [0.25, 0.3) is 0 Å². The lowest BCUT2D eigenvalue weighted by molar-refractivity contribution is 0.0798. The zero-order valence-corrected chi connectivity index (χ0v) is 18.4. The van der Waals surface area contributed by atoms with E-state index in [0.717, 1.165) is 81.2 Å². The molecule has 0 radical (unpaired) electrons. The molecule has 0 aliphatic carbocycles. The lowest BCUT2D eigenvalue weighted by Gasteiger charge is -2.36. The van der Waals surface area contributed by atoms with E-state index >= 15 is 0 Å².